The molecule has 0 spiro atoms. The molecule has 2 atom stereocenters. The Morgan fingerprint density at radius 1 is 1.34 bits per heavy atom. The first-order chi connectivity index (χ1) is 13.8. The molecule has 4 rings (SSSR count). The number of hydrogen-bond donors (Lipinski definition) is 1. The number of rotatable bonds is 3. The van der Waals surface area contributed by atoms with Crippen LogP contribution < -0.4 is 5.32 Å². The van der Waals surface area contributed by atoms with Crippen molar-refractivity contribution < 1.29 is 18.0 Å². The fourth-order valence-electron chi connectivity index (χ4n) is 4.20. The van der Waals surface area contributed by atoms with Gasteiger partial charge in [-0.1, -0.05) is 36.9 Å². The molecule has 10 heteroatoms. The van der Waals surface area contributed by atoms with Crippen LogP contribution in [0.4, 0.5) is 19.0 Å². The summed E-state index contributed by atoms with van der Waals surface area (Å²) in [6.07, 6.45) is 0.276. The molecule has 5 nitrogen and oxygen atoms in total. The Morgan fingerprint density at radius 2 is 2.07 bits per heavy atom. The first kappa shape index (κ1) is 20.5. The van der Waals surface area contributed by atoms with Crippen molar-refractivity contribution in [1.82, 2.24) is 14.7 Å². The van der Waals surface area contributed by atoms with Gasteiger partial charge in [-0.2, -0.15) is 18.3 Å². The minimum Gasteiger partial charge on any atom is -0.361 e. The lowest BCUT2D eigenvalue weighted by Crippen LogP contribution is -2.39. The van der Waals surface area contributed by atoms with E-state index in [0.717, 1.165) is 41.7 Å². The monoisotopic (exact) mass is 446 g/mol. The lowest BCUT2D eigenvalue weighted by Gasteiger charge is -2.32. The minimum absolute atomic E-state index is 0.0480. The zero-order valence-corrected chi connectivity index (χ0v) is 17.4. The number of thiophene rings is 1. The Bertz CT molecular complexity index is 877. The summed E-state index contributed by atoms with van der Waals surface area (Å²) < 4.78 is 42.3. The molecule has 0 radical (unpaired) electrons. The van der Waals surface area contributed by atoms with E-state index in [9.17, 15) is 18.0 Å². The number of fused-ring (bicyclic) bond motifs is 1. The molecule has 0 saturated heterocycles. The number of carbonyl (C=O) groups is 1. The van der Waals surface area contributed by atoms with Crippen LogP contribution >= 0.6 is 22.9 Å². The Hall–Kier alpha value is -1.74. The largest absolute Gasteiger partial charge is 0.410 e. The van der Waals surface area contributed by atoms with Gasteiger partial charge in [0.05, 0.1) is 6.04 Å². The van der Waals surface area contributed by atoms with Gasteiger partial charge < -0.3 is 10.2 Å². The molecule has 2 unspecified atom stereocenters. The Morgan fingerprint density at radius 3 is 2.69 bits per heavy atom. The smallest absolute Gasteiger partial charge is 0.361 e. The highest BCUT2D eigenvalue weighted by atomic mass is 35.5. The number of amides is 1. The zero-order valence-electron chi connectivity index (χ0n) is 15.9. The van der Waals surface area contributed by atoms with Crippen molar-refractivity contribution in [2.45, 2.75) is 62.8 Å². The highest BCUT2D eigenvalue weighted by Crippen LogP contribution is 2.47. The fourth-order valence-corrected chi connectivity index (χ4v) is 5.25. The van der Waals surface area contributed by atoms with E-state index in [0.29, 0.717) is 0 Å². The first-order valence-electron chi connectivity index (χ1n) is 9.69. The fraction of sp³-hybridized carbons (Fsp3) is 0.579. The van der Waals surface area contributed by atoms with Crippen LogP contribution in [0, 0.1) is 0 Å². The first-order valence-corrected chi connectivity index (χ1v) is 10.9. The highest BCUT2D eigenvalue weighted by Gasteiger charge is 2.48. The van der Waals surface area contributed by atoms with Crippen LogP contribution in [0.2, 0.25) is 5.02 Å². The third-order valence-corrected chi connectivity index (χ3v) is 7.17. The number of hydrogen-bond acceptors (Lipinski definition) is 4. The molecule has 0 bridgehead atoms. The number of anilines is 1. The highest BCUT2D eigenvalue weighted by molar-refractivity contribution is 7.10. The minimum atomic E-state index is -4.50. The average Bonchev–Trinajstić information content (AvgIpc) is 3.35. The van der Waals surface area contributed by atoms with Crippen molar-refractivity contribution in [3.8, 4) is 0 Å². The van der Waals surface area contributed by atoms with Gasteiger partial charge in [-0.05, 0) is 24.3 Å². The van der Waals surface area contributed by atoms with E-state index in [1.165, 1.54) is 11.3 Å². The lowest BCUT2D eigenvalue weighted by molar-refractivity contribution is -0.173. The van der Waals surface area contributed by atoms with Crippen molar-refractivity contribution in [3.05, 3.63) is 33.1 Å². The normalized spacial score (nSPS) is 22.8. The molecule has 1 N–H and O–H groups in total. The number of alkyl halides is 3. The summed E-state index contributed by atoms with van der Waals surface area (Å²) in [7, 11) is 1.68. The van der Waals surface area contributed by atoms with Gasteiger partial charge in [0, 0.05) is 24.4 Å². The zero-order chi connectivity index (χ0) is 20.8. The van der Waals surface area contributed by atoms with Crippen molar-refractivity contribution in [2.24, 2.45) is 0 Å². The molecule has 2 aromatic heterocycles. The molecule has 0 aromatic carbocycles. The van der Waals surface area contributed by atoms with Crippen LogP contribution in [0.25, 0.3) is 0 Å². The molecule has 1 aliphatic carbocycles. The summed E-state index contributed by atoms with van der Waals surface area (Å²) in [5.74, 6) is -0.377. The second kappa shape index (κ2) is 7.83. The number of carbonyl (C=O) groups excluding carboxylic acids is 1. The number of nitrogens with zero attached hydrogens (tertiary/aromatic N) is 3. The third kappa shape index (κ3) is 3.86. The Labute approximate surface area is 175 Å². The van der Waals surface area contributed by atoms with Gasteiger partial charge in [-0.15, -0.1) is 11.3 Å². The molecule has 1 saturated carbocycles. The van der Waals surface area contributed by atoms with Crippen LogP contribution in [-0.4, -0.2) is 39.9 Å². The summed E-state index contributed by atoms with van der Waals surface area (Å²) in [5, 5.41) is 8.89. The van der Waals surface area contributed by atoms with E-state index in [1.54, 1.807) is 24.1 Å². The van der Waals surface area contributed by atoms with Crippen molar-refractivity contribution in [2.75, 3.05) is 12.4 Å². The molecular formula is C19H22ClF3N4OS. The van der Waals surface area contributed by atoms with Gasteiger partial charge in [0.25, 0.3) is 5.91 Å². The Balaban J connectivity index is 1.68. The summed E-state index contributed by atoms with van der Waals surface area (Å²) in [4.78, 5) is 15.4. The average molecular weight is 447 g/mol. The molecule has 1 fully saturated rings. The standard InChI is InChI=1S/C19H22ClF3N4OS/c1-26(11-6-3-2-4-7-11)18(28)16-15(20)17-24-12(13-8-5-9-29-13)10-14(19(21,22)23)27(17)25-16/h5,8-9,11-12,14,24H,2-4,6-7,10H2,1H3. The van der Waals surface area contributed by atoms with Gasteiger partial charge in [0.2, 0.25) is 0 Å². The number of aromatic nitrogens is 2. The van der Waals surface area contributed by atoms with Gasteiger partial charge >= 0.3 is 6.18 Å². The van der Waals surface area contributed by atoms with Crippen LogP contribution in [0.5, 0.6) is 0 Å². The van der Waals surface area contributed by atoms with Gasteiger partial charge in [-0.25, -0.2) is 4.68 Å². The maximum atomic E-state index is 13.8. The second-order valence-electron chi connectivity index (χ2n) is 7.67. The summed E-state index contributed by atoms with van der Waals surface area (Å²) in [5.41, 5.74) is -0.122. The predicted molar refractivity (Wildman–Crippen MR) is 107 cm³/mol. The van der Waals surface area contributed by atoms with Crippen molar-refractivity contribution in [1.29, 1.82) is 0 Å². The van der Waals surface area contributed by atoms with Crippen LogP contribution in [0.1, 0.15) is 66.0 Å². The van der Waals surface area contributed by atoms with Crippen molar-refractivity contribution >= 4 is 34.7 Å². The van der Waals surface area contributed by atoms with E-state index >= 15 is 0 Å². The molecule has 3 heterocycles. The number of nitrogens with one attached hydrogen (secondary N) is 1. The van der Waals surface area contributed by atoms with Crippen LogP contribution in [0.3, 0.4) is 0 Å². The predicted octanol–water partition coefficient (Wildman–Crippen LogP) is 5.66. The van der Waals surface area contributed by atoms with Crippen LogP contribution in [-0.2, 0) is 0 Å². The van der Waals surface area contributed by atoms with E-state index in [2.05, 4.69) is 10.4 Å². The van der Waals surface area contributed by atoms with Crippen molar-refractivity contribution in [3.63, 3.8) is 0 Å². The molecule has 2 aromatic rings. The molecule has 2 aliphatic rings. The van der Waals surface area contributed by atoms with Gasteiger partial charge in [-0.3, -0.25) is 4.79 Å². The second-order valence-corrected chi connectivity index (χ2v) is 9.03. The Kier molecular flexibility index (Phi) is 5.54. The lowest BCUT2D eigenvalue weighted by atomic mass is 9.94. The van der Waals surface area contributed by atoms with E-state index in [-0.39, 0.29) is 29.0 Å². The molecule has 1 aliphatic heterocycles. The summed E-state index contributed by atoms with van der Waals surface area (Å²) in [6, 6.07) is 1.27. The quantitative estimate of drug-likeness (QED) is 0.661. The maximum Gasteiger partial charge on any atom is 0.410 e. The molecule has 1 amide bonds. The summed E-state index contributed by atoms with van der Waals surface area (Å²) in [6.45, 7) is 0. The molecule has 29 heavy (non-hydrogen) atoms. The number of halogens is 4. The molecule has 158 valence electrons. The van der Waals surface area contributed by atoms with Gasteiger partial charge in [0.15, 0.2) is 11.7 Å². The third-order valence-electron chi connectivity index (χ3n) is 5.83. The summed E-state index contributed by atoms with van der Waals surface area (Å²) >= 11 is 7.79. The topological polar surface area (TPSA) is 50.2 Å². The SMILES string of the molecule is CN(C(=O)c1nn2c(c1Cl)NC(c1cccs1)CC2C(F)(F)F)C1CCCCC1. The van der Waals surface area contributed by atoms with E-state index < -0.39 is 24.2 Å². The van der Waals surface area contributed by atoms with E-state index in [4.69, 9.17) is 11.6 Å². The van der Waals surface area contributed by atoms with Crippen LogP contribution in [0.15, 0.2) is 17.5 Å². The molecular weight excluding hydrogens is 425 g/mol. The van der Waals surface area contributed by atoms with Gasteiger partial charge in [0.1, 0.15) is 10.8 Å². The maximum absolute atomic E-state index is 13.8. The van der Waals surface area contributed by atoms with E-state index in [1.807, 2.05) is 5.38 Å².